The lowest BCUT2D eigenvalue weighted by molar-refractivity contribution is 0.0952. The van der Waals surface area contributed by atoms with Crippen LogP contribution in [0.25, 0.3) is 22.2 Å². The van der Waals surface area contributed by atoms with Gasteiger partial charge in [-0.15, -0.1) is 0 Å². The molecule has 0 aliphatic heterocycles. The number of hydrogen-bond acceptors (Lipinski definition) is 3. The zero-order valence-electron chi connectivity index (χ0n) is 14.4. The van der Waals surface area contributed by atoms with E-state index in [1.165, 1.54) is 12.1 Å². The van der Waals surface area contributed by atoms with Crippen molar-refractivity contribution in [3.8, 4) is 11.3 Å². The average molecular weight is 357 g/mol. The Hall–Kier alpha value is -3.60. The lowest BCUT2D eigenvalue weighted by Crippen LogP contribution is -2.23. The number of fused-ring (bicyclic) bond motifs is 1. The fourth-order valence-electron chi connectivity index (χ4n) is 2.94. The Balaban J connectivity index is 1.70. The summed E-state index contributed by atoms with van der Waals surface area (Å²) >= 11 is 0. The fraction of sp³-hybridized carbons (Fsp3) is 0.0455. The molecule has 0 fully saturated rings. The van der Waals surface area contributed by atoms with Crippen molar-refractivity contribution in [2.24, 2.45) is 0 Å². The van der Waals surface area contributed by atoms with E-state index in [0.717, 1.165) is 5.56 Å². The standard InChI is InChI=1S/C22H16FN3O/c23-17-8-4-5-15(11-17)13-25-22(27)18-12-21(16-6-2-1-3-7-16)26-20-9-10-24-14-19(18)20/h1-12,14H,13H2,(H,25,27). The van der Waals surface area contributed by atoms with Crippen LogP contribution in [0.5, 0.6) is 0 Å². The van der Waals surface area contributed by atoms with Crippen LogP contribution in [-0.2, 0) is 6.54 Å². The molecule has 5 heteroatoms. The largest absolute Gasteiger partial charge is 0.348 e. The van der Waals surface area contributed by atoms with Crippen molar-refractivity contribution in [3.05, 3.63) is 96.1 Å². The van der Waals surface area contributed by atoms with E-state index < -0.39 is 0 Å². The maximum absolute atomic E-state index is 13.3. The second-order valence-electron chi connectivity index (χ2n) is 6.13. The highest BCUT2D eigenvalue weighted by Gasteiger charge is 2.14. The van der Waals surface area contributed by atoms with Gasteiger partial charge in [0.2, 0.25) is 0 Å². The Labute approximate surface area is 155 Å². The van der Waals surface area contributed by atoms with E-state index in [0.29, 0.717) is 27.7 Å². The van der Waals surface area contributed by atoms with E-state index >= 15 is 0 Å². The second kappa shape index (κ2) is 7.33. The van der Waals surface area contributed by atoms with Gasteiger partial charge in [0, 0.05) is 29.9 Å². The van der Waals surface area contributed by atoms with E-state index in [1.54, 1.807) is 36.7 Å². The highest BCUT2D eigenvalue weighted by molar-refractivity contribution is 6.06. The van der Waals surface area contributed by atoms with E-state index in [9.17, 15) is 9.18 Å². The van der Waals surface area contributed by atoms with Crippen LogP contribution in [0, 0.1) is 5.82 Å². The smallest absolute Gasteiger partial charge is 0.252 e. The number of benzene rings is 2. The molecule has 0 spiro atoms. The van der Waals surface area contributed by atoms with E-state index in [1.807, 2.05) is 30.3 Å². The number of aromatic nitrogens is 2. The summed E-state index contributed by atoms with van der Waals surface area (Å²) in [6.07, 6.45) is 3.28. The molecule has 0 saturated carbocycles. The molecule has 1 N–H and O–H groups in total. The summed E-state index contributed by atoms with van der Waals surface area (Å²) in [7, 11) is 0. The van der Waals surface area contributed by atoms with Crippen molar-refractivity contribution in [2.75, 3.05) is 0 Å². The topological polar surface area (TPSA) is 54.9 Å². The summed E-state index contributed by atoms with van der Waals surface area (Å²) in [6.45, 7) is 0.237. The predicted molar refractivity (Wildman–Crippen MR) is 103 cm³/mol. The van der Waals surface area contributed by atoms with E-state index in [-0.39, 0.29) is 18.3 Å². The van der Waals surface area contributed by atoms with Gasteiger partial charge in [-0.25, -0.2) is 9.37 Å². The normalized spacial score (nSPS) is 10.7. The number of nitrogens with one attached hydrogen (secondary N) is 1. The summed E-state index contributed by atoms with van der Waals surface area (Å²) in [5.74, 6) is -0.580. The third-order valence-electron chi connectivity index (χ3n) is 4.27. The first-order valence-corrected chi connectivity index (χ1v) is 8.53. The van der Waals surface area contributed by atoms with Crippen LogP contribution in [0.3, 0.4) is 0 Å². The van der Waals surface area contributed by atoms with Crippen LogP contribution in [0.2, 0.25) is 0 Å². The molecule has 0 atom stereocenters. The first-order chi connectivity index (χ1) is 13.2. The average Bonchev–Trinajstić information content (AvgIpc) is 2.72. The molecule has 4 aromatic rings. The molecule has 2 aromatic heterocycles. The van der Waals surface area contributed by atoms with Gasteiger partial charge in [0.05, 0.1) is 16.8 Å². The first kappa shape index (κ1) is 16.8. The van der Waals surface area contributed by atoms with Crippen LogP contribution in [0.1, 0.15) is 15.9 Å². The molecule has 4 rings (SSSR count). The molecule has 0 aliphatic carbocycles. The molecule has 0 aliphatic rings. The quantitative estimate of drug-likeness (QED) is 0.590. The maximum atomic E-state index is 13.3. The molecular formula is C22H16FN3O. The van der Waals surface area contributed by atoms with Gasteiger partial charge >= 0.3 is 0 Å². The minimum atomic E-state index is -0.327. The SMILES string of the molecule is O=C(NCc1cccc(F)c1)c1cc(-c2ccccc2)nc2ccncc12. The molecule has 27 heavy (non-hydrogen) atoms. The van der Waals surface area contributed by atoms with Gasteiger partial charge in [0.1, 0.15) is 5.82 Å². The third kappa shape index (κ3) is 3.67. The molecule has 2 aromatic carbocycles. The van der Waals surface area contributed by atoms with Crippen LogP contribution >= 0.6 is 0 Å². The first-order valence-electron chi connectivity index (χ1n) is 8.53. The van der Waals surface area contributed by atoms with Crippen LogP contribution in [0.4, 0.5) is 4.39 Å². The van der Waals surface area contributed by atoms with Gasteiger partial charge in [-0.05, 0) is 29.8 Å². The van der Waals surface area contributed by atoms with Crippen molar-refractivity contribution in [2.45, 2.75) is 6.54 Å². The lowest BCUT2D eigenvalue weighted by atomic mass is 10.0. The van der Waals surface area contributed by atoms with Crippen LogP contribution in [0.15, 0.2) is 79.1 Å². The highest BCUT2D eigenvalue weighted by atomic mass is 19.1. The van der Waals surface area contributed by atoms with E-state index in [2.05, 4.69) is 15.3 Å². The Morgan fingerprint density at radius 3 is 2.67 bits per heavy atom. The van der Waals surface area contributed by atoms with Gasteiger partial charge < -0.3 is 5.32 Å². The Bertz CT molecular complexity index is 1110. The monoisotopic (exact) mass is 357 g/mol. The molecule has 132 valence electrons. The number of carbonyl (C=O) groups excluding carboxylic acids is 1. The van der Waals surface area contributed by atoms with Gasteiger partial charge in [0.25, 0.3) is 5.91 Å². The Kier molecular flexibility index (Phi) is 4.58. The van der Waals surface area contributed by atoms with Gasteiger partial charge in [-0.2, -0.15) is 0 Å². The molecule has 0 unspecified atom stereocenters. The Morgan fingerprint density at radius 1 is 1.00 bits per heavy atom. The molecular weight excluding hydrogens is 341 g/mol. The third-order valence-corrected chi connectivity index (χ3v) is 4.27. The summed E-state index contributed by atoms with van der Waals surface area (Å²) < 4.78 is 13.3. The van der Waals surface area contributed by atoms with Crippen molar-refractivity contribution < 1.29 is 9.18 Å². The fourth-order valence-corrected chi connectivity index (χ4v) is 2.94. The molecule has 2 heterocycles. The van der Waals surface area contributed by atoms with Gasteiger partial charge in [-0.3, -0.25) is 9.78 Å². The molecule has 0 saturated heterocycles. The number of halogens is 1. The molecule has 0 radical (unpaired) electrons. The number of pyridine rings is 2. The summed E-state index contributed by atoms with van der Waals surface area (Å²) in [6, 6.07) is 19.4. The zero-order chi connectivity index (χ0) is 18.6. The number of rotatable bonds is 4. The minimum absolute atomic E-state index is 0.237. The highest BCUT2D eigenvalue weighted by Crippen LogP contribution is 2.24. The van der Waals surface area contributed by atoms with Gasteiger partial charge in [-0.1, -0.05) is 42.5 Å². The summed E-state index contributed by atoms with van der Waals surface area (Å²) in [5.41, 5.74) is 3.52. The zero-order valence-corrected chi connectivity index (χ0v) is 14.4. The number of amides is 1. The number of nitrogens with zero attached hydrogens (tertiary/aromatic N) is 2. The summed E-state index contributed by atoms with van der Waals surface area (Å²) in [4.78, 5) is 21.6. The molecule has 4 nitrogen and oxygen atoms in total. The minimum Gasteiger partial charge on any atom is -0.348 e. The maximum Gasteiger partial charge on any atom is 0.252 e. The van der Waals surface area contributed by atoms with Gasteiger partial charge in [0.15, 0.2) is 0 Å². The van der Waals surface area contributed by atoms with Crippen LogP contribution < -0.4 is 5.32 Å². The number of carbonyl (C=O) groups is 1. The second-order valence-corrected chi connectivity index (χ2v) is 6.13. The lowest BCUT2D eigenvalue weighted by Gasteiger charge is -2.10. The van der Waals surface area contributed by atoms with E-state index in [4.69, 9.17) is 0 Å². The molecule has 1 amide bonds. The van der Waals surface area contributed by atoms with Crippen LogP contribution in [-0.4, -0.2) is 15.9 Å². The van der Waals surface area contributed by atoms with Crippen molar-refractivity contribution in [3.63, 3.8) is 0 Å². The summed E-state index contributed by atoms with van der Waals surface area (Å²) in [5, 5.41) is 3.53. The van der Waals surface area contributed by atoms with Crippen molar-refractivity contribution in [1.29, 1.82) is 0 Å². The Morgan fingerprint density at radius 2 is 1.85 bits per heavy atom. The predicted octanol–water partition coefficient (Wildman–Crippen LogP) is 4.37. The van der Waals surface area contributed by atoms with Crippen molar-refractivity contribution in [1.82, 2.24) is 15.3 Å². The molecule has 0 bridgehead atoms. The van der Waals surface area contributed by atoms with Crippen molar-refractivity contribution >= 4 is 16.8 Å². The number of hydrogen-bond donors (Lipinski definition) is 1.